The van der Waals surface area contributed by atoms with Crippen LogP contribution in [0.15, 0.2) is 48.5 Å². The Morgan fingerprint density at radius 1 is 1.21 bits per heavy atom. The summed E-state index contributed by atoms with van der Waals surface area (Å²) in [7, 11) is 5.57. The number of likely N-dealkylation sites (N-methyl/N-ethyl adjacent to an activating group) is 1. The van der Waals surface area contributed by atoms with E-state index in [4.69, 9.17) is 9.47 Å². The highest BCUT2D eigenvalue weighted by Crippen LogP contribution is 2.27. The Morgan fingerprint density at radius 3 is 2.54 bits per heavy atom. The van der Waals surface area contributed by atoms with E-state index in [9.17, 15) is 9.59 Å². The van der Waals surface area contributed by atoms with Crippen LogP contribution in [-0.4, -0.2) is 57.8 Å². The summed E-state index contributed by atoms with van der Waals surface area (Å²) in [4.78, 5) is 27.8. The lowest BCUT2D eigenvalue weighted by Crippen LogP contribution is -2.34. The fourth-order valence-corrected chi connectivity index (χ4v) is 3.22. The lowest BCUT2D eigenvalue weighted by atomic mass is 10.0. The quantitative estimate of drug-likeness (QED) is 0.796. The number of carbonyl (C=O) groups is 2. The van der Waals surface area contributed by atoms with Crippen molar-refractivity contribution in [1.82, 2.24) is 10.2 Å². The number of benzene rings is 2. The maximum Gasteiger partial charge on any atom is 0.414 e. The van der Waals surface area contributed by atoms with Crippen molar-refractivity contribution in [3.05, 3.63) is 59.7 Å². The van der Waals surface area contributed by atoms with Gasteiger partial charge < -0.3 is 19.7 Å². The first-order valence-corrected chi connectivity index (χ1v) is 9.13. The van der Waals surface area contributed by atoms with Gasteiger partial charge in [-0.2, -0.15) is 0 Å². The van der Waals surface area contributed by atoms with E-state index in [-0.39, 0.29) is 18.0 Å². The van der Waals surface area contributed by atoms with E-state index in [1.807, 2.05) is 43.3 Å². The summed E-state index contributed by atoms with van der Waals surface area (Å²) in [5, 5.41) is 2.99. The zero-order valence-electron chi connectivity index (χ0n) is 16.3. The summed E-state index contributed by atoms with van der Waals surface area (Å²) < 4.78 is 10.4. The molecule has 2 aromatic carbocycles. The summed E-state index contributed by atoms with van der Waals surface area (Å²) in [6.45, 7) is 1.34. The predicted octanol–water partition coefficient (Wildman–Crippen LogP) is 2.68. The van der Waals surface area contributed by atoms with Gasteiger partial charge in [0, 0.05) is 23.4 Å². The molecule has 1 aliphatic rings. The number of carbonyl (C=O) groups excluding carboxylic acids is 2. The molecule has 1 atom stereocenters. The van der Waals surface area contributed by atoms with Crippen LogP contribution in [0.25, 0.3) is 0 Å². The Labute approximate surface area is 164 Å². The van der Waals surface area contributed by atoms with Gasteiger partial charge in [-0.3, -0.25) is 9.69 Å². The highest BCUT2D eigenvalue weighted by Gasteiger charge is 2.24. The second kappa shape index (κ2) is 8.75. The van der Waals surface area contributed by atoms with Gasteiger partial charge in [0.1, 0.15) is 12.4 Å². The maximum absolute atomic E-state index is 12.6. The average molecular weight is 383 g/mol. The molecule has 1 aliphatic heterocycles. The van der Waals surface area contributed by atoms with Crippen LogP contribution in [0.1, 0.15) is 22.0 Å². The first kappa shape index (κ1) is 19.7. The van der Waals surface area contributed by atoms with Gasteiger partial charge in [0.05, 0.1) is 19.7 Å². The Hall–Kier alpha value is -3.06. The van der Waals surface area contributed by atoms with Crippen molar-refractivity contribution in [3.63, 3.8) is 0 Å². The fourth-order valence-electron chi connectivity index (χ4n) is 3.22. The molecule has 28 heavy (non-hydrogen) atoms. The molecule has 0 unspecified atom stereocenters. The van der Waals surface area contributed by atoms with E-state index < -0.39 is 0 Å². The van der Waals surface area contributed by atoms with Gasteiger partial charge >= 0.3 is 6.09 Å². The zero-order chi connectivity index (χ0) is 20.1. The summed E-state index contributed by atoms with van der Waals surface area (Å²) in [6.07, 6.45) is -0.358. The van der Waals surface area contributed by atoms with Crippen molar-refractivity contribution in [3.8, 4) is 5.75 Å². The average Bonchev–Trinajstić information content (AvgIpc) is 3.14. The number of amides is 2. The van der Waals surface area contributed by atoms with Crippen molar-refractivity contribution >= 4 is 17.7 Å². The van der Waals surface area contributed by atoms with Crippen LogP contribution in [0.2, 0.25) is 0 Å². The Bertz CT molecular complexity index is 836. The number of para-hydroxylation sites is 1. The standard InChI is InChI=1S/C21H25N3O4/c1-23(2)18(17-6-4-5-7-19(17)27-3)14-22-20(25)15-8-10-16(11-9-15)24-12-13-28-21(24)26/h4-11,18H,12-14H2,1-3H3,(H,22,25)/t18-/m0/s1. The van der Waals surface area contributed by atoms with Gasteiger partial charge in [0.2, 0.25) is 0 Å². The van der Waals surface area contributed by atoms with Gasteiger partial charge in [0.25, 0.3) is 5.91 Å². The first-order valence-electron chi connectivity index (χ1n) is 9.13. The molecule has 7 nitrogen and oxygen atoms in total. The molecule has 1 saturated heterocycles. The van der Waals surface area contributed by atoms with Gasteiger partial charge in [0.15, 0.2) is 0 Å². The number of hydrogen-bond acceptors (Lipinski definition) is 5. The molecule has 2 aromatic rings. The molecular formula is C21H25N3O4. The summed E-state index contributed by atoms with van der Waals surface area (Å²) in [5.74, 6) is 0.620. The van der Waals surface area contributed by atoms with E-state index in [0.29, 0.717) is 25.3 Å². The monoisotopic (exact) mass is 383 g/mol. The number of cyclic esters (lactones) is 1. The van der Waals surface area contributed by atoms with Crippen molar-refractivity contribution in [2.24, 2.45) is 0 Å². The van der Waals surface area contributed by atoms with Crippen molar-refractivity contribution < 1.29 is 19.1 Å². The van der Waals surface area contributed by atoms with E-state index in [1.54, 1.807) is 36.3 Å². The van der Waals surface area contributed by atoms with Crippen LogP contribution in [0, 0.1) is 0 Å². The molecule has 1 fully saturated rings. The van der Waals surface area contributed by atoms with E-state index in [0.717, 1.165) is 17.0 Å². The molecule has 7 heteroatoms. The molecule has 0 spiro atoms. The number of nitrogens with zero attached hydrogens (tertiary/aromatic N) is 2. The highest BCUT2D eigenvalue weighted by atomic mass is 16.6. The SMILES string of the molecule is COc1ccccc1[C@H](CNC(=O)c1ccc(N2CCOC2=O)cc1)N(C)C. The number of ether oxygens (including phenoxy) is 2. The Balaban J connectivity index is 1.67. The Morgan fingerprint density at radius 2 is 1.93 bits per heavy atom. The van der Waals surface area contributed by atoms with Gasteiger partial charge in [-0.25, -0.2) is 4.79 Å². The van der Waals surface area contributed by atoms with E-state index in [2.05, 4.69) is 5.32 Å². The normalized spacial score (nSPS) is 14.7. The number of hydrogen-bond donors (Lipinski definition) is 1. The smallest absolute Gasteiger partial charge is 0.414 e. The third-order valence-electron chi connectivity index (χ3n) is 4.78. The molecule has 148 valence electrons. The largest absolute Gasteiger partial charge is 0.496 e. The number of anilines is 1. The molecule has 2 amide bonds. The van der Waals surface area contributed by atoms with Gasteiger partial charge in [-0.05, 0) is 44.4 Å². The maximum atomic E-state index is 12.6. The van der Waals surface area contributed by atoms with Crippen LogP contribution in [-0.2, 0) is 4.74 Å². The van der Waals surface area contributed by atoms with Crippen LogP contribution in [0.4, 0.5) is 10.5 Å². The molecule has 1 N–H and O–H groups in total. The summed E-state index contributed by atoms with van der Waals surface area (Å²) in [6, 6.07) is 14.7. The molecule has 0 aliphatic carbocycles. The van der Waals surface area contributed by atoms with E-state index >= 15 is 0 Å². The summed E-state index contributed by atoms with van der Waals surface area (Å²) in [5.41, 5.74) is 2.27. The molecule has 1 heterocycles. The third-order valence-corrected chi connectivity index (χ3v) is 4.78. The third kappa shape index (κ3) is 4.26. The molecule has 0 radical (unpaired) electrons. The predicted molar refractivity (Wildman–Crippen MR) is 107 cm³/mol. The minimum absolute atomic E-state index is 0.0289. The topological polar surface area (TPSA) is 71.1 Å². The minimum atomic E-state index is -0.358. The molecule has 0 saturated carbocycles. The van der Waals surface area contributed by atoms with Crippen LogP contribution in [0.5, 0.6) is 5.75 Å². The Kier molecular flexibility index (Phi) is 6.16. The summed E-state index contributed by atoms with van der Waals surface area (Å²) >= 11 is 0. The molecule has 3 rings (SSSR count). The number of methoxy groups -OCH3 is 1. The van der Waals surface area contributed by atoms with Gasteiger partial charge in [-0.15, -0.1) is 0 Å². The zero-order valence-corrected chi connectivity index (χ0v) is 16.3. The van der Waals surface area contributed by atoms with Crippen LogP contribution in [0.3, 0.4) is 0 Å². The molecular weight excluding hydrogens is 358 g/mol. The fraction of sp³-hybridized carbons (Fsp3) is 0.333. The van der Waals surface area contributed by atoms with Crippen molar-refractivity contribution in [2.75, 3.05) is 45.8 Å². The van der Waals surface area contributed by atoms with Gasteiger partial charge in [-0.1, -0.05) is 18.2 Å². The molecule has 0 bridgehead atoms. The van der Waals surface area contributed by atoms with Crippen LogP contribution >= 0.6 is 0 Å². The lowest BCUT2D eigenvalue weighted by Gasteiger charge is -2.26. The van der Waals surface area contributed by atoms with Crippen molar-refractivity contribution in [1.29, 1.82) is 0 Å². The minimum Gasteiger partial charge on any atom is -0.496 e. The lowest BCUT2D eigenvalue weighted by molar-refractivity contribution is 0.0941. The molecule has 0 aromatic heterocycles. The highest BCUT2D eigenvalue weighted by molar-refractivity contribution is 5.95. The van der Waals surface area contributed by atoms with Crippen molar-refractivity contribution in [2.45, 2.75) is 6.04 Å². The second-order valence-corrected chi connectivity index (χ2v) is 6.74. The number of nitrogens with one attached hydrogen (secondary N) is 1. The first-order chi connectivity index (χ1) is 13.5. The van der Waals surface area contributed by atoms with E-state index in [1.165, 1.54) is 0 Å². The second-order valence-electron chi connectivity index (χ2n) is 6.74. The number of rotatable bonds is 7. The van der Waals surface area contributed by atoms with Crippen LogP contribution < -0.4 is 15.0 Å².